The molecular formula is C14H15NO2S. The molecule has 0 saturated carbocycles. The van der Waals surface area contributed by atoms with Crippen LogP contribution in [0, 0.1) is 0 Å². The average molecular weight is 261 g/mol. The summed E-state index contributed by atoms with van der Waals surface area (Å²) in [5.41, 5.74) is 2.36. The molecule has 1 aromatic carbocycles. The van der Waals surface area contributed by atoms with Crippen LogP contribution in [0.1, 0.15) is 22.2 Å². The zero-order valence-corrected chi connectivity index (χ0v) is 11.2. The molecular weight excluding hydrogens is 246 g/mol. The SMILES string of the molecule is CCc1ccc(N(C)c2ccc(C(=O)O)s2)cc1. The molecule has 0 atom stereocenters. The molecule has 0 bridgehead atoms. The highest BCUT2D eigenvalue weighted by Crippen LogP contribution is 2.30. The van der Waals surface area contributed by atoms with E-state index in [2.05, 4.69) is 31.2 Å². The van der Waals surface area contributed by atoms with E-state index in [4.69, 9.17) is 5.11 Å². The Bertz CT molecular complexity index is 545. The van der Waals surface area contributed by atoms with Gasteiger partial charge in [0.15, 0.2) is 0 Å². The Balaban J connectivity index is 2.23. The normalized spacial score (nSPS) is 10.3. The summed E-state index contributed by atoms with van der Waals surface area (Å²) in [7, 11) is 1.94. The number of anilines is 2. The van der Waals surface area contributed by atoms with E-state index in [9.17, 15) is 4.79 Å². The van der Waals surface area contributed by atoms with Gasteiger partial charge >= 0.3 is 5.97 Å². The molecule has 1 N–H and O–H groups in total. The van der Waals surface area contributed by atoms with E-state index < -0.39 is 5.97 Å². The lowest BCUT2D eigenvalue weighted by Crippen LogP contribution is -2.07. The minimum Gasteiger partial charge on any atom is -0.477 e. The number of carbonyl (C=O) groups is 1. The number of carboxylic acid groups (broad SMARTS) is 1. The van der Waals surface area contributed by atoms with Gasteiger partial charge < -0.3 is 10.0 Å². The van der Waals surface area contributed by atoms with Gasteiger partial charge in [0, 0.05) is 12.7 Å². The molecule has 0 fully saturated rings. The molecule has 1 aromatic heterocycles. The van der Waals surface area contributed by atoms with Crippen LogP contribution in [0.2, 0.25) is 0 Å². The molecule has 0 unspecified atom stereocenters. The number of benzene rings is 1. The van der Waals surface area contributed by atoms with Crippen molar-refractivity contribution >= 4 is 28.0 Å². The molecule has 0 saturated heterocycles. The first-order chi connectivity index (χ1) is 8.61. The predicted octanol–water partition coefficient (Wildman–Crippen LogP) is 3.78. The highest BCUT2D eigenvalue weighted by molar-refractivity contribution is 7.17. The molecule has 0 radical (unpaired) electrons. The van der Waals surface area contributed by atoms with Crippen LogP contribution in [0.3, 0.4) is 0 Å². The van der Waals surface area contributed by atoms with Gasteiger partial charge in [-0.15, -0.1) is 11.3 Å². The first-order valence-corrected chi connectivity index (χ1v) is 6.59. The number of thiophene rings is 1. The quantitative estimate of drug-likeness (QED) is 0.910. The Kier molecular flexibility index (Phi) is 3.67. The molecule has 18 heavy (non-hydrogen) atoms. The minimum atomic E-state index is -0.874. The van der Waals surface area contributed by atoms with Gasteiger partial charge in [0.25, 0.3) is 0 Å². The number of rotatable bonds is 4. The summed E-state index contributed by atoms with van der Waals surface area (Å²) in [4.78, 5) is 13.2. The summed E-state index contributed by atoms with van der Waals surface area (Å²) in [6, 6.07) is 11.8. The molecule has 1 heterocycles. The summed E-state index contributed by atoms with van der Waals surface area (Å²) in [6.07, 6.45) is 1.02. The van der Waals surface area contributed by atoms with Crippen molar-refractivity contribution in [3.8, 4) is 0 Å². The first-order valence-electron chi connectivity index (χ1n) is 5.77. The third-order valence-corrected chi connectivity index (χ3v) is 4.01. The number of carboxylic acids is 1. The maximum absolute atomic E-state index is 10.8. The van der Waals surface area contributed by atoms with Crippen molar-refractivity contribution in [2.24, 2.45) is 0 Å². The van der Waals surface area contributed by atoms with Gasteiger partial charge in [-0.3, -0.25) is 0 Å². The van der Waals surface area contributed by atoms with Crippen LogP contribution in [-0.2, 0) is 6.42 Å². The van der Waals surface area contributed by atoms with E-state index >= 15 is 0 Å². The van der Waals surface area contributed by atoms with E-state index in [0.717, 1.165) is 17.1 Å². The molecule has 3 nitrogen and oxygen atoms in total. The molecule has 0 aliphatic carbocycles. The fraction of sp³-hybridized carbons (Fsp3) is 0.214. The minimum absolute atomic E-state index is 0.363. The number of nitrogens with zero attached hydrogens (tertiary/aromatic N) is 1. The summed E-state index contributed by atoms with van der Waals surface area (Å²) in [5, 5.41) is 9.84. The van der Waals surface area contributed by atoms with Gasteiger partial charge in [0.1, 0.15) is 4.88 Å². The van der Waals surface area contributed by atoms with E-state index in [1.165, 1.54) is 16.9 Å². The fourth-order valence-electron chi connectivity index (χ4n) is 1.71. The van der Waals surface area contributed by atoms with E-state index in [1.807, 2.05) is 18.0 Å². The first kappa shape index (κ1) is 12.6. The smallest absolute Gasteiger partial charge is 0.345 e. The second kappa shape index (κ2) is 5.23. The lowest BCUT2D eigenvalue weighted by Gasteiger charge is -2.17. The molecule has 0 amide bonds. The van der Waals surface area contributed by atoms with Crippen molar-refractivity contribution in [2.45, 2.75) is 13.3 Å². The molecule has 0 aliphatic rings. The van der Waals surface area contributed by atoms with Gasteiger partial charge in [-0.1, -0.05) is 19.1 Å². The van der Waals surface area contributed by atoms with Gasteiger partial charge in [-0.25, -0.2) is 4.79 Å². The molecule has 94 valence electrons. The number of aryl methyl sites for hydroxylation is 1. The Hall–Kier alpha value is -1.81. The van der Waals surface area contributed by atoms with Crippen molar-refractivity contribution in [3.05, 3.63) is 46.8 Å². The van der Waals surface area contributed by atoms with Crippen LogP contribution in [0.25, 0.3) is 0 Å². The largest absolute Gasteiger partial charge is 0.477 e. The molecule has 2 aromatic rings. The van der Waals surface area contributed by atoms with Crippen LogP contribution in [0.5, 0.6) is 0 Å². The zero-order valence-electron chi connectivity index (χ0n) is 10.4. The van der Waals surface area contributed by atoms with Crippen molar-refractivity contribution < 1.29 is 9.90 Å². The number of aromatic carboxylic acids is 1. The number of hydrogen-bond acceptors (Lipinski definition) is 3. The van der Waals surface area contributed by atoms with Crippen LogP contribution in [0.15, 0.2) is 36.4 Å². The second-order valence-corrected chi connectivity index (χ2v) is 5.08. The van der Waals surface area contributed by atoms with E-state index in [1.54, 1.807) is 6.07 Å². The van der Waals surface area contributed by atoms with Gasteiger partial charge in [-0.05, 0) is 36.2 Å². The summed E-state index contributed by atoms with van der Waals surface area (Å²) in [6.45, 7) is 2.12. The van der Waals surface area contributed by atoms with Crippen molar-refractivity contribution in [1.82, 2.24) is 0 Å². The third kappa shape index (κ3) is 2.54. The topological polar surface area (TPSA) is 40.5 Å². The van der Waals surface area contributed by atoms with Crippen LogP contribution in [-0.4, -0.2) is 18.1 Å². The van der Waals surface area contributed by atoms with Crippen LogP contribution in [0.4, 0.5) is 10.7 Å². The molecule has 2 rings (SSSR count). The van der Waals surface area contributed by atoms with Gasteiger partial charge in [0.05, 0.1) is 5.00 Å². The number of hydrogen-bond donors (Lipinski definition) is 1. The Labute approximate surface area is 110 Å². The fourth-order valence-corrected chi connectivity index (χ4v) is 2.53. The Morgan fingerprint density at radius 3 is 2.39 bits per heavy atom. The summed E-state index contributed by atoms with van der Waals surface area (Å²) in [5.74, 6) is -0.874. The predicted molar refractivity (Wildman–Crippen MR) is 75.2 cm³/mol. The lowest BCUT2D eigenvalue weighted by atomic mass is 10.1. The standard InChI is InChI=1S/C14H15NO2S/c1-3-10-4-6-11(7-5-10)15(2)13-9-8-12(18-13)14(16)17/h4-9H,3H2,1-2H3,(H,16,17). The van der Waals surface area contributed by atoms with Crippen LogP contribution < -0.4 is 4.90 Å². The average Bonchev–Trinajstić information content (AvgIpc) is 2.88. The highest BCUT2D eigenvalue weighted by Gasteiger charge is 2.11. The van der Waals surface area contributed by atoms with E-state index in [0.29, 0.717) is 4.88 Å². The van der Waals surface area contributed by atoms with Gasteiger partial charge in [-0.2, -0.15) is 0 Å². The zero-order chi connectivity index (χ0) is 13.1. The monoisotopic (exact) mass is 261 g/mol. The maximum Gasteiger partial charge on any atom is 0.345 e. The Morgan fingerprint density at radius 1 is 1.22 bits per heavy atom. The van der Waals surface area contributed by atoms with Crippen molar-refractivity contribution in [2.75, 3.05) is 11.9 Å². The van der Waals surface area contributed by atoms with Crippen molar-refractivity contribution in [3.63, 3.8) is 0 Å². The maximum atomic E-state index is 10.8. The summed E-state index contributed by atoms with van der Waals surface area (Å²) < 4.78 is 0. The third-order valence-electron chi connectivity index (χ3n) is 2.87. The Morgan fingerprint density at radius 2 is 1.89 bits per heavy atom. The lowest BCUT2D eigenvalue weighted by molar-refractivity contribution is 0.0702. The van der Waals surface area contributed by atoms with Crippen molar-refractivity contribution in [1.29, 1.82) is 0 Å². The molecule has 0 aliphatic heterocycles. The summed E-state index contributed by atoms with van der Waals surface area (Å²) >= 11 is 1.28. The second-order valence-electron chi connectivity index (χ2n) is 4.02. The van der Waals surface area contributed by atoms with Gasteiger partial charge in [0.2, 0.25) is 0 Å². The molecule has 0 spiro atoms. The molecule has 4 heteroatoms. The van der Waals surface area contributed by atoms with Crippen LogP contribution >= 0.6 is 11.3 Å². The highest BCUT2D eigenvalue weighted by atomic mass is 32.1. The van der Waals surface area contributed by atoms with E-state index in [-0.39, 0.29) is 0 Å².